The maximum atomic E-state index is 5.83. The van der Waals surface area contributed by atoms with Gasteiger partial charge >= 0.3 is 0 Å². The molecule has 1 fully saturated rings. The Kier molecular flexibility index (Phi) is 4.50. The molecular weight excluding hydrogens is 224 g/mol. The van der Waals surface area contributed by atoms with Gasteiger partial charge in [0.1, 0.15) is 5.51 Å². The second kappa shape index (κ2) is 6.12. The third-order valence-electron chi connectivity index (χ3n) is 2.81. The summed E-state index contributed by atoms with van der Waals surface area (Å²) in [5, 5.41) is 11.7. The van der Waals surface area contributed by atoms with Crippen molar-refractivity contribution in [2.75, 3.05) is 18.5 Å². The maximum Gasteiger partial charge on any atom is 0.205 e. The summed E-state index contributed by atoms with van der Waals surface area (Å²) in [5.41, 5.74) is 7.55. The van der Waals surface area contributed by atoms with Gasteiger partial charge in [0.2, 0.25) is 5.13 Å². The van der Waals surface area contributed by atoms with E-state index in [1.807, 2.05) is 0 Å². The molecule has 0 unspecified atom stereocenters. The maximum absolute atomic E-state index is 5.83. The van der Waals surface area contributed by atoms with Gasteiger partial charge in [0.05, 0.1) is 12.7 Å². The molecule has 0 atom stereocenters. The molecule has 1 heterocycles. The van der Waals surface area contributed by atoms with Crippen molar-refractivity contribution in [2.45, 2.75) is 37.8 Å². The summed E-state index contributed by atoms with van der Waals surface area (Å²) in [6.07, 6.45) is 4.78. The molecule has 1 aromatic heterocycles. The summed E-state index contributed by atoms with van der Waals surface area (Å²) in [6.45, 7) is 1.51. The molecule has 1 saturated carbocycles. The van der Waals surface area contributed by atoms with Crippen molar-refractivity contribution in [3.05, 3.63) is 5.51 Å². The van der Waals surface area contributed by atoms with Crippen LogP contribution < -0.4 is 11.1 Å². The Hall–Kier alpha value is -0.720. The van der Waals surface area contributed by atoms with Crippen LogP contribution in [0.2, 0.25) is 0 Å². The molecule has 1 aromatic rings. The second-order valence-electron chi connectivity index (χ2n) is 4.08. The predicted octanol–water partition coefficient (Wildman–Crippen LogP) is 1.24. The molecule has 1 aliphatic rings. The molecule has 3 N–H and O–H groups in total. The molecule has 2 rings (SSSR count). The Morgan fingerprint density at radius 2 is 2.25 bits per heavy atom. The number of nitrogens with zero attached hydrogens (tertiary/aromatic N) is 2. The van der Waals surface area contributed by atoms with Gasteiger partial charge in [-0.15, -0.1) is 10.2 Å². The van der Waals surface area contributed by atoms with Gasteiger partial charge in [-0.3, -0.25) is 0 Å². The van der Waals surface area contributed by atoms with Crippen molar-refractivity contribution in [3.8, 4) is 0 Å². The van der Waals surface area contributed by atoms with Crippen LogP contribution in [0.3, 0.4) is 0 Å². The number of hydrogen-bond donors (Lipinski definition) is 2. The molecule has 0 aliphatic heterocycles. The fourth-order valence-corrected chi connectivity index (χ4v) is 2.36. The highest BCUT2D eigenvalue weighted by Crippen LogP contribution is 2.19. The predicted molar refractivity (Wildman–Crippen MR) is 64.6 cm³/mol. The number of anilines is 1. The van der Waals surface area contributed by atoms with E-state index in [-0.39, 0.29) is 0 Å². The first-order valence-corrected chi connectivity index (χ1v) is 6.60. The first-order valence-electron chi connectivity index (χ1n) is 5.72. The number of hydrogen-bond acceptors (Lipinski definition) is 6. The number of aromatic nitrogens is 2. The SMILES string of the molecule is NC1CCC(OCCNc2nncs2)CC1. The molecule has 0 aromatic carbocycles. The highest BCUT2D eigenvalue weighted by molar-refractivity contribution is 7.13. The second-order valence-corrected chi connectivity index (χ2v) is 4.91. The minimum atomic E-state index is 0.388. The zero-order chi connectivity index (χ0) is 11.2. The van der Waals surface area contributed by atoms with Gasteiger partial charge in [-0.1, -0.05) is 11.3 Å². The summed E-state index contributed by atoms with van der Waals surface area (Å²) in [7, 11) is 0. The Bertz CT molecular complexity index is 285. The van der Waals surface area contributed by atoms with Crippen LogP contribution in [0, 0.1) is 0 Å². The minimum Gasteiger partial charge on any atom is -0.376 e. The number of rotatable bonds is 5. The minimum absolute atomic E-state index is 0.388. The molecular formula is C10H18N4OS. The monoisotopic (exact) mass is 242 g/mol. The lowest BCUT2D eigenvalue weighted by molar-refractivity contribution is 0.0313. The lowest BCUT2D eigenvalue weighted by Crippen LogP contribution is -2.31. The Morgan fingerprint density at radius 1 is 1.44 bits per heavy atom. The van der Waals surface area contributed by atoms with Gasteiger partial charge < -0.3 is 15.8 Å². The smallest absolute Gasteiger partial charge is 0.205 e. The zero-order valence-corrected chi connectivity index (χ0v) is 10.1. The molecule has 6 heteroatoms. The fraction of sp³-hybridized carbons (Fsp3) is 0.800. The van der Waals surface area contributed by atoms with Gasteiger partial charge in [-0.05, 0) is 25.7 Å². The molecule has 1 aliphatic carbocycles. The highest BCUT2D eigenvalue weighted by Gasteiger charge is 2.18. The molecule has 16 heavy (non-hydrogen) atoms. The quantitative estimate of drug-likeness (QED) is 0.760. The first-order chi connectivity index (χ1) is 7.84. The Labute approximate surface area is 99.4 Å². The van der Waals surface area contributed by atoms with E-state index in [2.05, 4.69) is 15.5 Å². The highest BCUT2D eigenvalue weighted by atomic mass is 32.1. The van der Waals surface area contributed by atoms with Crippen LogP contribution in [-0.4, -0.2) is 35.5 Å². The molecule has 0 spiro atoms. The lowest BCUT2D eigenvalue weighted by atomic mass is 9.94. The van der Waals surface area contributed by atoms with Crippen LogP contribution in [0.4, 0.5) is 5.13 Å². The molecule has 0 amide bonds. The van der Waals surface area contributed by atoms with E-state index in [0.29, 0.717) is 12.1 Å². The van der Waals surface area contributed by atoms with Crippen molar-refractivity contribution in [1.29, 1.82) is 0 Å². The van der Waals surface area contributed by atoms with Gasteiger partial charge in [-0.2, -0.15) is 0 Å². The van der Waals surface area contributed by atoms with Crippen molar-refractivity contribution in [3.63, 3.8) is 0 Å². The molecule has 90 valence electrons. The Morgan fingerprint density at radius 3 is 2.94 bits per heavy atom. The average Bonchev–Trinajstić information content (AvgIpc) is 2.80. The molecule has 0 saturated heterocycles. The third-order valence-corrected chi connectivity index (χ3v) is 3.46. The molecule has 0 bridgehead atoms. The summed E-state index contributed by atoms with van der Waals surface area (Å²) in [5.74, 6) is 0. The summed E-state index contributed by atoms with van der Waals surface area (Å²) >= 11 is 1.50. The van der Waals surface area contributed by atoms with Crippen LogP contribution >= 0.6 is 11.3 Å². The van der Waals surface area contributed by atoms with Crippen molar-refractivity contribution >= 4 is 16.5 Å². The van der Waals surface area contributed by atoms with Gasteiger partial charge in [-0.25, -0.2) is 0 Å². The Balaban J connectivity index is 1.55. The number of ether oxygens (including phenoxy) is 1. The van der Waals surface area contributed by atoms with Crippen molar-refractivity contribution < 1.29 is 4.74 Å². The van der Waals surface area contributed by atoms with E-state index in [1.165, 1.54) is 11.3 Å². The fourth-order valence-electron chi connectivity index (χ4n) is 1.89. The van der Waals surface area contributed by atoms with E-state index in [4.69, 9.17) is 10.5 Å². The van der Waals surface area contributed by atoms with Crippen LogP contribution in [0.25, 0.3) is 0 Å². The van der Waals surface area contributed by atoms with E-state index in [1.54, 1.807) is 5.51 Å². The molecule has 0 radical (unpaired) electrons. The standard InChI is InChI=1S/C10H18N4OS/c11-8-1-3-9(4-2-8)15-6-5-12-10-14-13-7-16-10/h7-9H,1-6,11H2,(H,12,14). The molecule has 5 nitrogen and oxygen atoms in total. The number of nitrogens with one attached hydrogen (secondary N) is 1. The van der Waals surface area contributed by atoms with Gasteiger partial charge in [0.15, 0.2) is 0 Å². The average molecular weight is 242 g/mol. The van der Waals surface area contributed by atoms with Crippen molar-refractivity contribution in [1.82, 2.24) is 10.2 Å². The zero-order valence-electron chi connectivity index (χ0n) is 9.26. The van der Waals surface area contributed by atoms with Crippen LogP contribution in [-0.2, 0) is 4.74 Å². The third kappa shape index (κ3) is 3.70. The van der Waals surface area contributed by atoms with Crippen molar-refractivity contribution in [2.24, 2.45) is 5.73 Å². The van der Waals surface area contributed by atoms with E-state index in [9.17, 15) is 0 Å². The van der Waals surface area contributed by atoms with Crippen LogP contribution in [0.5, 0.6) is 0 Å². The van der Waals surface area contributed by atoms with E-state index in [0.717, 1.165) is 44.0 Å². The van der Waals surface area contributed by atoms with Crippen LogP contribution in [0.1, 0.15) is 25.7 Å². The normalized spacial score (nSPS) is 25.6. The number of nitrogens with two attached hydrogens (primary N) is 1. The first kappa shape index (κ1) is 11.8. The van der Waals surface area contributed by atoms with Gasteiger partial charge in [0.25, 0.3) is 0 Å². The van der Waals surface area contributed by atoms with Gasteiger partial charge in [0, 0.05) is 12.6 Å². The van der Waals surface area contributed by atoms with Crippen LogP contribution in [0.15, 0.2) is 5.51 Å². The lowest BCUT2D eigenvalue weighted by Gasteiger charge is -2.26. The topological polar surface area (TPSA) is 73.1 Å². The summed E-state index contributed by atoms with van der Waals surface area (Å²) in [4.78, 5) is 0. The summed E-state index contributed by atoms with van der Waals surface area (Å²) < 4.78 is 5.77. The summed E-state index contributed by atoms with van der Waals surface area (Å²) in [6, 6.07) is 0.388. The largest absolute Gasteiger partial charge is 0.376 e. The van der Waals surface area contributed by atoms with E-state index >= 15 is 0 Å². The van der Waals surface area contributed by atoms with E-state index < -0.39 is 0 Å².